The summed E-state index contributed by atoms with van der Waals surface area (Å²) in [4.78, 5) is 15.1. The summed E-state index contributed by atoms with van der Waals surface area (Å²) in [5.74, 6) is 0.189. The number of hydrogen-bond acceptors (Lipinski definition) is 2. The van der Waals surface area contributed by atoms with E-state index in [9.17, 15) is 4.79 Å². The van der Waals surface area contributed by atoms with Gasteiger partial charge in [-0.05, 0) is 63.6 Å². The van der Waals surface area contributed by atoms with Crippen LogP contribution >= 0.6 is 12.4 Å². The monoisotopic (exact) mass is 308 g/mol. The molecule has 1 N–H and O–H groups in total. The van der Waals surface area contributed by atoms with E-state index >= 15 is 0 Å². The van der Waals surface area contributed by atoms with Gasteiger partial charge in [0, 0.05) is 11.7 Å². The zero-order chi connectivity index (χ0) is 14.1. The maximum absolute atomic E-state index is 12.7. The number of aryl methyl sites for hydroxylation is 2. The molecule has 1 amide bonds. The number of carbonyl (C=O) groups is 1. The molecule has 1 aromatic rings. The van der Waals surface area contributed by atoms with Crippen LogP contribution in [-0.2, 0) is 4.79 Å². The Morgan fingerprint density at radius 3 is 2.52 bits per heavy atom. The van der Waals surface area contributed by atoms with Gasteiger partial charge < -0.3 is 5.32 Å². The highest BCUT2D eigenvalue weighted by atomic mass is 35.5. The van der Waals surface area contributed by atoms with E-state index in [1.807, 2.05) is 6.07 Å². The van der Waals surface area contributed by atoms with Gasteiger partial charge in [0.2, 0.25) is 5.91 Å². The van der Waals surface area contributed by atoms with Crippen LogP contribution in [0.2, 0.25) is 0 Å². The minimum atomic E-state index is 0. The average Bonchev–Trinajstić information content (AvgIpc) is 2.91. The number of nitrogens with one attached hydrogen (secondary N) is 1. The lowest BCUT2D eigenvalue weighted by atomic mass is 9.96. The van der Waals surface area contributed by atoms with Crippen LogP contribution in [-0.4, -0.2) is 29.4 Å². The molecule has 0 aliphatic carbocycles. The number of carbonyl (C=O) groups excluding carboxylic acids is 1. The normalized spacial score (nSPS) is 25.0. The van der Waals surface area contributed by atoms with Crippen LogP contribution in [0.1, 0.15) is 43.2 Å². The lowest BCUT2D eigenvalue weighted by Crippen LogP contribution is -2.49. The zero-order valence-electron chi connectivity index (χ0n) is 12.9. The fraction of sp³-hybridized carbons (Fsp3) is 0.588. The number of para-hydroxylation sites is 1. The highest BCUT2D eigenvalue weighted by Crippen LogP contribution is 2.32. The van der Waals surface area contributed by atoms with Gasteiger partial charge in [0.25, 0.3) is 0 Å². The molecule has 0 radical (unpaired) electrons. The quantitative estimate of drug-likeness (QED) is 0.904. The number of nitrogens with zero attached hydrogens (tertiary/aromatic N) is 1. The van der Waals surface area contributed by atoms with Gasteiger partial charge in [-0.1, -0.05) is 18.2 Å². The van der Waals surface area contributed by atoms with Crippen LogP contribution in [0.5, 0.6) is 0 Å². The maximum Gasteiger partial charge on any atom is 0.241 e. The SMILES string of the molecule is Cc1cccc(C)c1NC(=O)[C@@H]1CCC[C@@H]2CCCN21.Cl. The second-order valence-corrected chi connectivity index (χ2v) is 6.24. The molecular weight excluding hydrogens is 284 g/mol. The molecule has 2 atom stereocenters. The van der Waals surface area contributed by atoms with Crippen molar-refractivity contribution < 1.29 is 4.79 Å². The van der Waals surface area contributed by atoms with Gasteiger partial charge in [0.15, 0.2) is 0 Å². The van der Waals surface area contributed by atoms with Gasteiger partial charge in [0.1, 0.15) is 0 Å². The topological polar surface area (TPSA) is 32.3 Å². The van der Waals surface area contributed by atoms with Crippen molar-refractivity contribution in [1.29, 1.82) is 0 Å². The zero-order valence-corrected chi connectivity index (χ0v) is 13.7. The third-order valence-electron chi connectivity index (χ3n) is 4.87. The lowest BCUT2D eigenvalue weighted by molar-refractivity contribution is -0.123. The summed E-state index contributed by atoms with van der Waals surface area (Å²) in [6.45, 7) is 5.21. The van der Waals surface area contributed by atoms with Gasteiger partial charge >= 0.3 is 0 Å². The molecule has 116 valence electrons. The Kier molecular flexibility index (Phi) is 5.28. The molecule has 2 saturated heterocycles. The van der Waals surface area contributed by atoms with E-state index in [-0.39, 0.29) is 24.4 Å². The van der Waals surface area contributed by atoms with Gasteiger partial charge in [-0.2, -0.15) is 0 Å². The molecule has 2 fully saturated rings. The number of benzene rings is 1. The van der Waals surface area contributed by atoms with Crippen molar-refractivity contribution in [3.05, 3.63) is 29.3 Å². The van der Waals surface area contributed by atoms with E-state index in [1.165, 1.54) is 25.7 Å². The highest BCUT2D eigenvalue weighted by molar-refractivity contribution is 5.96. The molecule has 2 aliphatic rings. The van der Waals surface area contributed by atoms with Crippen LogP contribution in [0.15, 0.2) is 18.2 Å². The number of anilines is 1. The standard InChI is InChI=1S/C17H24N2O.ClH/c1-12-6-3-7-13(2)16(12)18-17(20)15-10-4-8-14-9-5-11-19(14)15;/h3,6-7,14-15H,4-5,8-11H2,1-2H3,(H,18,20);1H/t14-,15+;/m1./s1. The summed E-state index contributed by atoms with van der Waals surface area (Å²) in [5, 5.41) is 3.18. The number of halogens is 1. The predicted molar refractivity (Wildman–Crippen MR) is 89.2 cm³/mol. The Morgan fingerprint density at radius 1 is 1.14 bits per heavy atom. The second-order valence-electron chi connectivity index (χ2n) is 6.24. The van der Waals surface area contributed by atoms with Crippen LogP contribution in [0.25, 0.3) is 0 Å². The Balaban J connectivity index is 0.00000161. The van der Waals surface area contributed by atoms with Crippen molar-refractivity contribution in [2.24, 2.45) is 0 Å². The highest BCUT2D eigenvalue weighted by Gasteiger charge is 2.37. The van der Waals surface area contributed by atoms with Gasteiger partial charge in [-0.15, -0.1) is 12.4 Å². The summed E-state index contributed by atoms with van der Waals surface area (Å²) < 4.78 is 0. The van der Waals surface area contributed by atoms with Gasteiger partial charge in [0.05, 0.1) is 6.04 Å². The molecule has 2 heterocycles. The van der Waals surface area contributed by atoms with E-state index in [4.69, 9.17) is 0 Å². The van der Waals surface area contributed by atoms with E-state index in [2.05, 4.69) is 36.2 Å². The Hall–Kier alpha value is -1.06. The molecule has 21 heavy (non-hydrogen) atoms. The van der Waals surface area contributed by atoms with Crippen LogP contribution in [0.4, 0.5) is 5.69 Å². The van der Waals surface area contributed by atoms with E-state index < -0.39 is 0 Å². The molecule has 4 heteroatoms. The largest absolute Gasteiger partial charge is 0.324 e. The molecule has 0 unspecified atom stereocenters. The smallest absolute Gasteiger partial charge is 0.241 e. The van der Waals surface area contributed by atoms with E-state index in [0.29, 0.717) is 6.04 Å². The van der Waals surface area contributed by atoms with Gasteiger partial charge in [-0.3, -0.25) is 9.69 Å². The van der Waals surface area contributed by atoms with E-state index in [0.717, 1.165) is 29.8 Å². The summed E-state index contributed by atoms with van der Waals surface area (Å²) >= 11 is 0. The van der Waals surface area contributed by atoms with Crippen molar-refractivity contribution in [2.45, 2.75) is 58.0 Å². The number of fused-ring (bicyclic) bond motifs is 1. The van der Waals surface area contributed by atoms with Crippen LogP contribution in [0, 0.1) is 13.8 Å². The van der Waals surface area contributed by atoms with Gasteiger partial charge in [-0.25, -0.2) is 0 Å². The Morgan fingerprint density at radius 2 is 1.81 bits per heavy atom. The summed E-state index contributed by atoms with van der Waals surface area (Å²) in [6.07, 6.45) is 5.98. The first kappa shape index (κ1) is 16.3. The molecule has 0 bridgehead atoms. The summed E-state index contributed by atoms with van der Waals surface area (Å²) in [6, 6.07) is 6.88. The molecule has 0 saturated carbocycles. The van der Waals surface area contributed by atoms with Crippen molar-refractivity contribution >= 4 is 24.0 Å². The maximum atomic E-state index is 12.7. The molecule has 2 aliphatic heterocycles. The Bertz CT molecular complexity index is 497. The van der Waals surface area contributed by atoms with Crippen LogP contribution in [0.3, 0.4) is 0 Å². The van der Waals surface area contributed by atoms with Crippen molar-refractivity contribution in [2.75, 3.05) is 11.9 Å². The number of piperidine rings is 1. The third kappa shape index (κ3) is 3.24. The molecule has 1 aromatic carbocycles. The second kappa shape index (κ2) is 6.80. The van der Waals surface area contributed by atoms with Crippen LogP contribution < -0.4 is 5.32 Å². The third-order valence-corrected chi connectivity index (χ3v) is 4.87. The average molecular weight is 309 g/mol. The van der Waals surface area contributed by atoms with Crippen molar-refractivity contribution in [1.82, 2.24) is 4.90 Å². The first-order valence-electron chi connectivity index (χ1n) is 7.79. The first-order chi connectivity index (χ1) is 9.66. The predicted octanol–water partition coefficient (Wildman–Crippen LogP) is 3.68. The fourth-order valence-electron chi connectivity index (χ4n) is 3.79. The number of rotatable bonds is 2. The fourth-order valence-corrected chi connectivity index (χ4v) is 3.79. The lowest BCUT2D eigenvalue weighted by Gasteiger charge is -2.36. The van der Waals surface area contributed by atoms with E-state index in [1.54, 1.807) is 0 Å². The molecule has 3 rings (SSSR count). The van der Waals surface area contributed by atoms with Crippen molar-refractivity contribution in [3.63, 3.8) is 0 Å². The first-order valence-corrected chi connectivity index (χ1v) is 7.79. The molecule has 3 nitrogen and oxygen atoms in total. The summed E-state index contributed by atoms with van der Waals surface area (Å²) in [5.41, 5.74) is 3.29. The Labute approximate surface area is 133 Å². The van der Waals surface area contributed by atoms with Crippen molar-refractivity contribution in [3.8, 4) is 0 Å². The minimum absolute atomic E-state index is 0. The minimum Gasteiger partial charge on any atom is -0.324 e. The molecular formula is C17H25ClN2O. The molecule has 0 spiro atoms. The summed E-state index contributed by atoms with van der Waals surface area (Å²) in [7, 11) is 0. The number of hydrogen-bond donors (Lipinski definition) is 1. The number of amides is 1. The molecule has 0 aromatic heterocycles.